The van der Waals surface area contributed by atoms with Gasteiger partial charge in [0.15, 0.2) is 0 Å². The second-order valence-electron chi connectivity index (χ2n) is 4.15. The molecule has 2 nitrogen and oxygen atoms in total. The first-order chi connectivity index (χ1) is 7.69. The summed E-state index contributed by atoms with van der Waals surface area (Å²) in [5.41, 5.74) is 1.24. The highest BCUT2D eigenvalue weighted by Gasteiger charge is 2.11. The zero-order valence-corrected chi connectivity index (χ0v) is 10.8. The maximum absolute atomic E-state index is 5.92. The van der Waals surface area contributed by atoms with E-state index in [1.54, 1.807) is 0 Å². The Kier molecular flexibility index (Phi) is 5.33. The maximum atomic E-state index is 5.92. The molecule has 0 aliphatic carbocycles. The minimum absolute atomic E-state index is 0.273. The van der Waals surface area contributed by atoms with Crippen molar-refractivity contribution in [2.75, 3.05) is 6.54 Å². The summed E-state index contributed by atoms with van der Waals surface area (Å²) in [4.78, 5) is 0. The number of hydrogen-bond donors (Lipinski definition) is 1. The molecule has 1 aromatic rings. The highest BCUT2D eigenvalue weighted by molar-refractivity contribution is 5.35. The third-order valence-corrected chi connectivity index (χ3v) is 2.80. The van der Waals surface area contributed by atoms with Crippen LogP contribution in [-0.2, 0) is 0 Å². The van der Waals surface area contributed by atoms with Gasteiger partial charge in [-0.3, -0.25) is 0 Å². The summed E-state index contributed by atoms with van der Waals surface area (Å²) in [6.45, 7) is 9.51. The van der Waals surface area contributed by atoms with Crippen molar-refractivity contribution in [3.8, 4) is 5.75 Å². The number of para-hydroxylation sites is 1. The summed E-state index contributed by atoms with van der Waals surface area (Å²) in [6.07, 6.45) is 1.30. The normalized spacial score (nSPS) is 14.5. The van der Waals surface area contributed by atoms with E-state index in [2.05, 4.69) is 51.2 Å². The molecule has 2 heteroatoms. The molecule has 0 aliphatic rings. The largest absolute Gasteiger partial charge is 0.490 e. The summed E-state index contributed by atoms with van der Waals surface area (Å²) < 4.78 is 5.92. The van der Waals surface area contributed by atoms with Gasteiger partial charge in [-0.1, -0.05) is 32.0 Å². The highest BCUT2D eigenvalue weighted by atomic mass is 16.5. The van der Waals surface area contributed by atoms with Crippen LogP contribution in [0, 0.1) is 0 Å². The average molecular weight is 221 g/mol. The number of benzene rings is 1. The van der Waals surface area contributed by atoms with E-state index < -0.39 is 0 Å². The van der Waals surface area contributed by atoms with Crippen LogP contribution in [0.2, 0.25) is 0 Å². The Morgan fingerprint density at radius 1 is 1.19 bits per heavy atom. The topological polar surface area (TPSA) is 21.3 Å². The first-order valence-electron chi connectivity index (χ1n) is 6.18. The zero-order valence-electron chi connectivity index (χ0n) is 10.8. The Balaban J connectivity index is 2.82. The third kappa shape index (κ3) is 3.53. The van der Waals surface area contributed by atoms with E-state index in [1.807, 2.05) is 6.07 Å². The minimum atomic E-state index is 0.273. The second kappa shape index (κ2) is 6.54. The van der Waals surface area contributed by atoms with Crippen molar-refractivity contribution in [3.63, 3.8) is 0 Å². The zero-order chi connectivity index (χ0) is 12.0. The van der Waals surface area contributed by atoms with Crippen LogP contribution in [-0.4, -0.2) is 12.6 Å². The molecule has 0 aromatic heterocycles. The first kappa shape index (κ1) is 13.0. The second-order valence-corrected chi connectivity index (χ2v) is 4.15. The average Bonchev–Trinajstić information content (AvgIpc) is 2.30. The van der Waals surface area contributed by atoms with E-state index in [4.69, 9.17) is 4.74 Å². The molecule has 16 heavy (non-hydrogen) atoms. The van der Waals surface area contributed by atoms with E-state index >= 15 is 0 Å². The molecule has 0 fully saturated rings. The van der Waals surface area contributed by atoms with Gasteiger partial charge >= 0.3 is 0 Å². The fraction of sp³-hybridized carbons (Fsp3) is 0.571. The minimum Gasteiger partial charge on any atom is -0.490 e. The van der Waals surface area contributed by atoms with Crippen LogP contribution in [0.5, 0.6) is 5.75 Å². The van der Waals surface area contributed by atoms with Crippen LogP contribution in [0.3, 0.4) is 0 Å². The van der Waals surface area contributed by atoms with Crippen LogP contribution in [0.4, 0.5) is 0 Å². The Bertz CT molecular complexity index is 311. The molecule has 0 bridgehead atoms. The predicted octanol–water partition coefficient (Wildman–Crippen LogP) is 3.53. The monoisotopic (exact) mass is 221 g/mol. The van der Waals surface area contributed by atoms with Gasteiger partial charge in [-0.2, -0.15) is 0 Å². The molecule has 0 saturated carbocycles. The summed E-state index contributed by atoms with van der Waals surface area (Å²) in [7, 11) is 0. The van der Waals surface area contributed by atoms with Gasteiger partial charge in [0.2, 0.25) is 0 Å². The Labute approximate surface area is 99.0 Å². The van der Waals surface area contributed by atoms with E-state index in [9.17, 15) is 0 Å². The predicted molar refractivity (Wildman–Crippen MR) is 68.9 cm³/mol. The van der Waals surface area contributed by atoms with Gasteiger partial charge in [-0.25, -0.2) is 0 Å². The maximum Gasteiger partial charge on any atom is 0.124 e. The lowest BCUT2D eigenvalue weighted by Crippen LogP contribution is -2.19. The van der Waals surface area contributed by atoms with Crippen LogP contribution in [0.1, 0.15) is 45.7 Å². The Morgan fingerprint density at radius 2 is 1.88 bits per heavy atom. The number of nitrogens with one attached hydrogen (secondary N) is 1. The van der Waals surface area contributed by atoms with Gasteiger partial charge in [-0.15, -0.1) is 0 Å². The van der Waals surface area contributed by atoms with Crippen LogP contribution in [0.25, 0.3) is 0 Å². The van der Waals surface area contributed by atoms with Gasteiger partial charge in [-0.05, 0) is 32.9 Å². The van der Waals surface area contributed by atoms with Gasteiger partial charge < -0.3 is 10.1 Å². The molecule has 0 aliphatic heterocycles. The highest BCUT2D eigenvalue weighted by Crippen LogP contribution is 2.25. The Hall–Kier alpha value is -1.02. The first-order valence-corrected chi connectivity index (χ1v) is 6.18. The molecule has 1 aromatic carbocycles. The van der Waals surface area contributed by atoms with Gasteiger partial charge in [0.25, 0.3) is 0 Å². The molecular formula is C14H23NO. The molecule has 0 spiro atoms. The van der Waals surface area contributed by atoms with Gasteiger partial charge in [0.1, 0.15) is 5.75 Å². The molecule has 2 unspecified atom stereocenters. The van der Waals surface area contributed by atoms with E-state index in [-0.39, 0.29) is 6.10 Å². The lowest BCUT2D eigenvalue weighted by Gasteiger charge is -2.20. The molecule has 0 saturated heterocycles. The van der Waals surface area contributed by atoms with Crippen LogP contribution in [0.15, 0.2) is 24.3 Å². The SMILES string of the molecule is CCNC(C)c1ccccc1OC(C)CC. The summed E-state index contributed by atoms with van der Waals surface area (Å²) in [5, 5.41) is 3.41. The van der Waals surface area contributed by atoms with Crippen molar-refractivity contribution in [2.24, 2.45) is 0 Å². The summed E-state index contributed by atoms with van der Waals surface area (Å²) >= 11 is 0. The van der Waals surface area contributed by atoms with Gasteiger partial charge in [0, 0.05) is 11.6 Å². The van der Waals surface area contributed by atoms with Crippen molar-refractivity contribution in [1.82, 2.24) is 5.32 Å². The molecule has 1 rings (SSSR count). The molecule has 0 heterocycles. The van der Waals surface area contributed by atoms with E-state index in [0.717, 1.165) is 18.7 Å². The Morgan fingerprint density at radius 3 is 2.50 bits per heavy atom. The third-order valence-electron chi connectivity index (χ3n) is 2.80. The lowest BCUT2D eigenvalue weighted by atomic mass is 10.1. The van der Waals surface area contributed by atoms with Gasteiger partial charge in [0.05, 0.1) is 6.10 Å². The summed E-state index contributed by atoms with van der Waals surface area (Å²) in [5.74, 6) is 1.00. The van der Waals surface area contributed by atoms with E-state index in [1.165, 1.54) is 5.56 Å². The summed E-state index contributed by atoms with van der Waals surface area (Å²) in [6, 6.07) is 8.61. The van der Waals surface area contributed by atoms with Crippen molar-refractivity contribution in [1.29, 1.82) is 0 Å². The van der Waals surface area contributed by atoms with Crippen LogP contribution < -0.4 is 10.1 Å². The molecule has 90 valence electrons. The van der Waals surface area contributed by atoms with Crippen molar-refractivity contribution < 1.29 is 4.74 Å². The molecular weight excluding hydrogens is 198 g/mol. The molecule has 1 N–H and O–H groups in total. The fourth-order valence-corrected chi connectivity index (χ4v) is 1.66. The fourth-order valence-electron chi connectivity index (χ4n) is 1.66. The number of rotatable bonds is 6. The lowest BCUT2D eigenvalue weighted by molar-refractivity contribution is 0.214. The van der Waals surface area contributed by atoms with E-state index in [0.29, 0.717) is 6.04 Å². The van der Waals surface area contributed by atoms with Crippen molar-refractivity contribution >= 4 is 0 Å². The molecule has 0 radical (unpaired) electrons. The smallest absolute Gasteiger partial charge is 0.124 e. The quantitative estimate of drug-likeness (QED) is 0.793. The standard InChI is InChI=1S/C14H23NO/c1-5-11(3)16-14-10-8-7-9-13(14)12(4)15-6-2/h7-12,15H,5-6H2,1-4H3. The van der Waals surface area contributed by atoms with Crippen molar-refractivity contribution in [3.05, 3.63) is 29.8 Å². The van der Waals surface area contributed by atoms with Crippen LogP contribution >= 0.6 is 0 Å². The molecule has 0 amide bonds. The molecule has 2 atom stereocenters. The number of hydrogen-bond acceptors (Lipinski definition) is 2. The number of ether oxygens (including phenoxy) is 1. The van der Waals surface area contributed by atoms with Crippen molar-refractivity contribution in [2.45, 2.75) is 46.3 Å².